The molecule has 0 fully saturated rings. The van der Waals surface area contributed by atoms with E-state index < -0.39 is 0 Å². The quantitative estimate of drug-likeness (QED) is 0.701. The number of nitrogens with two attached hydrogens (primary N) is 1. The fourth-order valence-electron chi connectivity index (χ4n) is 2.99. The van der Waals surface area contributed by atoms with Crippen molar-refractivity contribution < 1.29 is 9.47 Å². The molecular weight excluding hydrogens is 338 g/mol. The summed E-state index contributed by atoms with van der Waals surface area (Å²) in [6, 6.07) is 11.8. The summed E-state index contributed by atoms with van der Waals surface area (Å²) >= 11 is 6.17. The molecule has 0 aliphatic rings. The molecule has 0 saturated heterocycles. The molecule has 0 aliphatic carbocycles. The summed E-state index contributed by atoms with van der Waals surface area (Å²) in [5, 5.41) is 0.707. The third kappa shape index (κ3) is 3.72. The standard InChI is InChI=1S/C19H22ClN3O2/c1-24-17-6-3-13(11-18(17)25-2)8-10-23-16-12-14(20)4-5-15(16)22-19(23)7-9-21/h3-6,11-12H,7-10,21H2,1-2H3. The Morgan fingerprint density at radius 1 is 1.04 bits per heavy atom. The largest absolute Gasteiger partial charge is 0.493 e. The number of hydrogen-bond donors (Lipinski definition) is 1. The van der Waals surface area contributed by atoms with Gasteiger partial charge in [-0.2, -0.15) is 0 Å². The summed E-state index contributed by atoms with van der Waals surface area (Å²) in [6.45, 7) is 1.36. The molecule has 0 unspecified atom stereocenters. The molecule has 0 saturated carbocycles. The van der Waals surface area contributed by atoms with Gasteiger partial charge in [-0.05, 0) is 48.9 Å². The zero-order chi connectivity index (χ0) is 17.8. The molecule has 2 aromatic carbocycles. The Kier molecular flexibility index (Phi) is 5.46. The highest BCUT2D eigenvalue weighted by atomic mass is 35.5. The van der Waals surface area contributed by atoms with E-state index in [0.29, 0.717) is 11.6 Å². The molecular formula is C19H22ClN3O2. The van der Waals surface area contributed by atoms with Crippen LogP contribution in [0.4, 0.5) is 0 Å². The first-order valence-corrected chi connectivity index (χ1v) is 8.59. The van der Waals surface area contributed by atoms with Crippen LogP contribution in [0.1, 0.15) is 11.4 Å². The predicted molar refractivity (Wildman–Crippen MR) is 101 cm³/mol. The molecule has 0 radical (unpaired) electrons. The van der Waals surface area contributed by atoms with Crippen LogP contribution in [0.2, 0.25) is 5.02 Å². The summed E-state index contributed by atoms with van der Waals surface area (Å²) in [7, 11) is 3.28. The summed E-state index contributed by atoms with van der Waals surface area (Å²) in [4.78, 5) is 4.70. The van der Waals surface area contributed by atoms with Crippen LogP contribution < -0.4 is 15.2 Å². The van der Waals surface area contributed by atoms with E-state index in [4.69, 9.17) is 31.8 Å². The Morgan fingerprint density at radius 3 is 2.56 bits per heavy atom. The number of hydrogen-bond acceptors (Lipinski definition) is 4. The van der Waals surface area contributed by atoms with Crippen molar-refractivity contribution in [2.24, 2.45) is 5.73 Å². The second kappa shape index (κ2) is 7.76. The lowest BCUT2D eigenvalue weighted by atomic mass is 10.1. The number of nitrogens with zero attached hydrogens (tertiary/aromatic N) is 2. The van der Waals surface area contributed by atoms with Crippen molar-refractivity contribution in [3.8, 4) is 11.5 Å². The van der Waals surface area contributed by atoms with Crippen LogP contribution >= 0.6 is 11.6 Å². The maximum absolute atomic E-state index is 6.17. The van der Waals surface area contributed by atoms with Crippen molar-refractivity contribution in [1.82, 2.24) is 9.55 Å². The van der Waals surface area contributed by atoms with Gasteiger partial charge in [0.2, 0.25) is 0 Å². The van der Waals surface area contributed by atoms with Crippen molar-refractivity contribution in [2.45, 2.75) is 19.4 Å². The molecule has 25 heavy (non-hydrogen) atoms. The van der Waals surface area contributed by atoms with Crippen molar-refractivity contribution in [3.63, 3.8) is 0 Å². The van der Waals surface area contributed by atoms with Gasteiger partial charge in [-0.15, -0.1) is 0 Å². The molecule has 0 spiro atoms. The lowest BCUT2D eigenvalue weighted by Gasteiger charge is -2.12. The monoisotopic (exact) mass is 359 g/mol. The Morgan fingerprint density at radius 2 is 1.84 bits per heavy atom. The highest BCUT2D eigenvalue weighted by Crippen LogP contribution is 2.28. The number of methoxy groups -OCH3 is 2. The van der Waals surface area contributed by atoms with Gasteiger partial charge in [0.25, 0.3) is 0 Å². The highest BCUT2D eigenvalue weighted by molar-refractivity contribution is 6.31. The van der Waals surface area contributed by atoms with Gasteiger partial charge >= 0.3 is 0 Å². The number of aromatic nitrogens is 2. The third-order valence-electron chi connectivity index (χ3n) is 4.23. The van der Waals surface area contributed by atoms with E-state index in [9.17, 15) is 0 Å². The Hall–Kier alpha value is -2.24. The topological polar surface area (TPSA) is 62.3 Å². The van der Waals surface area contributed by atoms with Crippen LogP contribution in [0.25, 0.3) is 11.0 Å². The number of fused-ring (bicyclic) bond motifs is 1. The van der Waals surface area contributed by atoms with Crippen molar-refractivity contribution in [2.75, 3.05) is 20.8 Å². The van der Waals surface area contributed by atoms with E-state index in [1.807, 2.05) is 30.3 Å². The van der Waals surface area contributed by atoms with Gasteiger partial charge in [-0.3, -0.25) is 0 Å². The first kappa shape index (κ1) is 17.6. The maximum atomic E-state index is 6.17. The first-order valence-electron chi connectivity index (χ1n) is 8.22. The summed E-state index contributed by atoms with van der Waals surface area (Å²) in [5.74, 6) is 2.45. The van der Waals surface area contributed by atoms with Crippen LogP contribution in [-0.4, -0.2) is 30.3 Å². The second-order valence-electron chi connectivity index (χ2n) is 5.79. The second-order valence-corrected chi connectivity index (χ2v) is 6.23. The van der Waals surface area contributed by atoms with E-state index in [0.717, 1.165) is 47.7 Å². The summed E-state index contributed by atoms with van der Waals surface area (Å²) in [5.41, 5.74) is 8.90. The molecule has 1 aromatic heterocycles. The number of benzene rings is 2. The van der Waals surface area contributed by atoms with Gasteiger partial charge in [0.1, 0.15) is 5.82 Å². The number of halogens is 1. The van der Waals surface area contributed by atoms with Gasteiger partial charge in [0.15, 0.2) is 11.5 Å². The minimum atomic E-state index is 0.563. The number of ether oxygens (including phenoxy) is 2. The third-order valence-corrected chi connectivity index (χ3v) is 4.46. The molecule has 0 amide bonds. The van der Waals surface area contributed by atoms with E-state index in [2.05, 4.69) is 10.6 Å². The molecule has 2 N–H and O–H groups in total. The van der Waals surface area contributed by atoms with E-state index in [-0.39, 0.29) is 0 Å². The van der Waals surface area contributed by atoms with Gasteiger partial charge in [-0.25, -0.2) is 4.98 Å². The zero-order valence-electron chi connectivity index (χ0n) is 14.5. The average Bonchev–Trinajstić information content (AvgIpc) is 2.96. The zero-order valence-corrected chi connectivity index (χ0v) is 15.2. The van der Waals surface area contributed by atoms with Crippen molar-refractivity contribution in [3.05, 3.63) is 52.8 Å². The molecule has 5 nitrogen and oxygen atoms in total. The van der Waals surface area contributed by atoms with E-state index in [1.165, 1.54) is 5.56 Å². The average molecular weight is 360 g/mol. The van der Waals surface area contributed by atoms with Crippen molar-refractivity contribution >= 4 is 22.6 Å². The molecule has 0 aliphatic heterocycles. The molecule has 0 bridgehead atoms. The lowest BCUT2D eigenvalue weighted by Crippen LogP contribution is -2.11. The van der Waals surface area contributed by atoms with Gasteiger partial charge in [0, 0.05) is 18.0 Å². The highest BCUT2D eigenvalue weighted by Gasteiger charge is 2.11. The number of rotatable bonds is 7. The van der Waals surface area contributed by atoms with Crippen molar-refractivity contribution in [1.29, 1.82) is 0 Å². The van der Waals surface area contributed by atoms with Crippen LogP contribution in [0.15, 0.2) is 36.4 Å². The molecule has 0 atom stereocenters. The van der Waals surface area contributed by atoms with E-state index in [1.54, 1.807) is 14.2 Å². The normalized spacial score (nSPS) is 11.0. The SMILES string of the molecule is COc1ccc(CCn2c(CCN)nc3ccc(Cl)cc32)cc1OC. The fourth-order valence-corrected chi connectivity index (χ4v) is 3.16. The van der Waals surface area contributed by atoms with Crippen LogP contribution in [0.3, 0.4) is 0 Å². The Bertz CT molecular complexity index is 876. The number of aryl methyl sites for hydroxylation is 2. The minimum Gasteiger partial charge on any atom is -0.493 e. The summed E-state index contributed by atoms with van der Waals surface area (Å²) < 4.78 is 12.9. The fraction of sp³-hybridized carbons (Fsp3) is 0.316. The molecule has 6 heteroatoms. The molecule has 1 heterocycles. The predicted octanol–water partition coefficient (Wildman–Crippen LogP) is 3.45. The van der Waals surface area contributed by atoms with E-state index >= 15 is 0 Å². The van der Waals surface area contributed by atoms with Crippen LogP contribution in [-0.2, 0) is 19.4 Å². The van der Waals surface area contributed by atoms with Gasteiger partial charge in [0.05, 0.1) is 25.3 Å². The van der Waals surface area contributed by atoms with Crippen LogP contribution in [0.5, 0.6) is 11.5 Å². The molecule has 132 valence electrons. The first-order chi connectivity index (χ1) is 12.2. The molecule has 3 aromatic rings. The van der Waals surface area contributed by atoms with Crippen LogP contribution in [0, 0.1) is 0 Å². The summed E-state index contributed by atoms with van der Waals surface area (Å²) in [6.07, 6.45) is 1.58. The smallest absolute Gasteiger partial charge is 0.160 e. The number of imidazole rings is 1. The Labute approximate surface area is 152 Å². The molecule has 3 rings (SSSR count). The van der Waals surface area contributed by atoms with Gasteiger partial charge < -0.3 is 19.8 Å². The minimum absolute atomic E-state index is 0.563. The van der Waals surface area contributed by atoms with Gasteiger partial charge in [-0.1, -0.05) is 17.7 Å². The lowest BCUT2D eigenvalue weighted by molar-refractivity contribution is 0.354. The Balaban J connectivity index is 1.89. The maximum Gasteiger partial charge on any atom is 0.160 e.